The summed E-state index contributed by atoms with van der Waals surface area (Å²) in [6, 6.07) is 9.93. The first-order valence-electron chi connectivity index (χ1n) is 7.77. The fourth-order valence-corrected chi connectivity index (χ4v) is 3.49. The molecule has 4 nitrogen and oxygen atoms in total. The van der Waals surface area contributed by atoms with E-state index in [0.29, 0.717) is 13.1 Å². The average molecular weight is 299 g/mol. The van der Waals surface area contributed by atoms with Crippen molar-refractivity contribution in [2.75, 3.05) is 20.2 Å². The van der Waals surface area contributed by atoms with Gasteiger partial charge in [0, 0.05) is 24.9 Å². The number of carbonyl (C=O) groups excluding carboxylic acids is 2. The van der Waals surface area contributed by atoms with Crippen LogP contribution in [0, 0.1) is 11.8 Å². The lowest BCUT2D eigenvalue weighted by atomic mass is 9.89. The highest BCUT2D eigenvalue weighted by molar-refractivity contribution is 5.82. The molecular formula is C18H21NO3. The van der Waals surface area contributed by atoms with Gasteiger partial charge in [-0.3, -0.25) is 9.59 Å². The zero-order valence-corrected chi connectivity index (χ0v) is 12.8. The van der Waals surface area contributed by atoms with E-state index in [1.54, 1.807) is 0 Å². The van der Waals surface area contributed by atoms with E-state index in [-0.39, 0.29) is 29.6 Å². The molecule has 1 aliphatic carbocycles. The first-order valence-corrected chi connectivity index (χ1v) is 7.77. The second-order valence-electron chi connectivity index (χ2n) is 6.03. The van der Waals surface area contributed by atoms with Crippen molar-refractivity contribution in [2.45, 2.75) is 18.8 Å². The molecule has 0 spiro atoms. The molecule has 0 unspecified atom stereocenters. The maximum Gasteiger partial charge on any atom is 0.311 e. The van der Waals surface area contributed by atoms with E-state index >= 15 is 0 Å². The Hall–Kier alpha value is -2.10. The van der Waals surface area contributed by atoms with Crippen LogP contribution in [0.5, 0.6) is 0 Å². The van der Waals surface area contributed by atoms with Gasteiger partial charge in [0.2, 0.25) is 5.91 Å². The Labute approximate surface area is 130 Å². The van der Waals surface area contributed by atoms with E-state index < -0.39 is 0 Å². The maximum absolute atomic E-state index is 12.6. The molecule has 22 heavy (non-hydrogen) atoms. The lowest BCUT2D eigenvalue weighted by Gasteiger charge is -2.20. The van der Waals surface area contributed by atoms with Crippen LogP contribution in [-0.2, 0) is 14.3 Å². The van der Waals surface area contributed by atoms with Crippen LogP contribution >= 0.6 is 0 Å². The summed E-state index contributed by atoms with van der Waals surface area (Å²) in [5.41, 5.74) is 1.10. The Morgan fingerprint density at radius 2 is 1.77 bits per heavy atom. The van der Waals surface area contributed by atoms with Gasteiger partial charge in [-0.2, -0.15) is 0 Å². The smallest absolute Gasteiger partial charge is 0.311 e. The van der Waals surface area contributed by atoms with Crippen LogP contribution in [0.1, 0.15) is 24.3 Å². The topological polar surface area (TPSA) is 46.6 Å². The van der Waals surface area contributed by atoms with Gasteiger partial charge in [0.25, 0.3) is 0 Å². The molecule has 116 valence electrons. The third-order valence-corrected chi connectivity index (χ3v) is 4.72. The standard InChI is InChI=1S/C18H21NO3/c1-22-18(21)16-12-19(17(20)14-9-5-6-10-14)11-15(16)13-7-3-2-4-8-13/h2-8,14-16H,9-12H2,1H3/t15-,16+/m0/s1. The summed E-state index contributed by atoms with van der Waals surface area (Å²) in [6.07, 6.45) is 5.75. The first-order chi connectivity index (χ1) is 10.7. The van der Waals surface area contributed by atoms with Gasteiger partial charge in [-0.05, 0) is 18.4 Å². The molecule has 0 bridgehead atoms. The number of esters is 1. The number of methoxy groups -OCH3 is 1. The number of nitrogens with zero attached hydrogens (tertiary/aromatic N) is 1. The van der Waals surface area contributed by atoms with Crippen molar-refractivity contribution in [1.29, 1.82) is 0 Å². The molecule has 1 aliphatic heterocycles. The molecule has 0 radical (unpaired) electrons. The highest BCUT2D eigenvalue weighted by Gasteiger charge is 2.42. The Kier molecular flexibility index (Phi) is 4.27. The first kappa shape index (κ1) is 14.8. The minimum atomic E-state index is -0.272. The van der Waals surface area contributed by atoms with E-state index in [4.69, 9.17) is 4.74 Å². The normalized spacial score (nSPS) is 24.7. The number of likely N-dealkylation sites (tertiary alicyclic amines) is 1. The molecule has 4 heteroatoms. The lowest BCUT2D eigenvalue weighted by Crippen LogP contribution is -2.34. The van der Waals surface area contributed by atoms with Crippen molar-refractivity contribution >= 4 is 11.9 Å². The van der Waals surface area contributed by atoms with Crippen LogP contribution in [0.15, 0.2) is 42.5 Å². The number of ether oxygens (including phenoxy) is 1. The summed E-state index contributed by atoms with van der Waals surface area (Å²) >= 11 is 0. The molecule has 2 atom stereocenters. The number of carbonyl (C=O) groups is 2. The predicted octanol–water partition coefficient (Wildman–Crippen LogP) is 2.37. The van der Waals surface area contributed by atoms with Crippen molar-refractivity contribution < 1.29 is 14.3 Å². The summed E-state index contributed by atoms with van der Waals surface area (Å²) in [6.45, 7) is 1.06. The van der Waals surface area contributed by atoms with Gasteiger partial charge in [0.15, 0.2) is 0 Å². The quantitative estimate of drug-likeness (QED) is 0.636. The molecule has 1 amide bonds. The Bertz CT molecular complexity index is 573. The Balaban J connectivity index is 1.79. The molecule has 1 heterocycles. The number of amides is 1. The average Bonchev–Trinajstić information content (AvgIpc) is 3.24. The number of allylic oxidation sites excluding steroid dienone is 2. The SMILES string of the molecule is COC(=O)[C@@H]1CN(C(=O)C2CC=CC2)C[C@H]1c1ccccc1. The van der Waals surface area contributed by atoms with Crippen LogP contribution < -0.4 is 0 Å². The Morgan fingerprint density at radius 1 is 1.09 bits per heavy atom. The summed E-state index contributed by atoms with van der Waals surface area (Å²) in [7, 11) is 1.41. The number of rotatable bonds is 3. The maximum atomic E-state index is 12.6. The second kappa shape index (κ2) is 6.34. The van der Waals surface area contributed by atoms with Crippen LogP contribution in [0.25, 0.3) is 0 Å². The zero-order valence-electron chi connectivity index (χ0n) is 12.8. The molecule has 1 aromatic rings. The van der Waals surface area contributed by atoms with Crippen molar-refractivity contribution in [3.63, 3.8) is 0 Å². The molecular weight excluding hydrogens is 278 g/mol. The second-order valence-corrected chi connectivity index (χ2v) is 6.03. The number of hydrogen-bond donors (Lipinski definition) is 0. The highest BCUT2D eigenvalue weighted by Crippen LogP contribution is 2.35. The van der Waals surface area contributed by atoms with Gasteiger partial charge < -0.3 is 9.64 Å². The van der Waals surface area contributed by atoms with Gasteiger partial charge in [0.05, 0.1) is 13.0 Å². The van der Waals surface area contributed by atoms with Crippen LogP contribution in [0.4, 0.5) is 0 Å². The Morgan fingerprint density at radius 3 is 2.41 bits per heavy atom. The summed E-state index contributed by atoms with van der Waals surface area (Å²) in [5.74, 6) is -0.267. The van der Waals surface area contributed by atoms with E-state index in [2.05, 4.69) is 12.2 Å². The molecule has 3 rings (SSSR count). The lowest BCUT2D eigenvalue weighted by molar-refractivity contribution is -0.145. The summed E-state index contributed by atoms with van der Waals surface area (Å²) in [5, 5.41) is 0. The third-order valence-electron chi connectivity index (χ3n) is 4.72. The highest BCUT2D eigenvalue weighted by atomic mass is 16.5. The predicted molar refractivity (Wildman–Crippen MR) is 83.1 cm³/mol. The molecule has 1 fully saturated rings. The molecule has 0 N–H and O–H groups in total. The number of hydrogen-bond acceptors (Lipinski definition) is 3. The van der Waals surface area contributed by atoms with E-state index in [1.165, 1.54) is 7.11 Å². The molecule has 1 saturated heterocycles. The van der Waals surface area contributed by atoms with Gasteiger partial charge in [-0.1, -0.05) is 42.5 Å². The minimum absolute atomic E-state index is 0.0203. The van der Waals surface area contributed by atoms with Crippen LogP contribution in [0.3, 0.4) is 0 Å². The largest absolute Gasteiger partial charge is 0.469 e. The van der Waals surface area contributed by atoms with E-state index in [0.717, 1.165) is 18.4 Å². The molecule has 0 aromatic heterocycles. The van der Waals surface area contributed by atoms with Gasteiger partial charge in [0.1, 0.15) is 0 Å². The van der Waals surface area contributed by atoms with E-state index in [1.807, 2.05) is 35.2 Å². The van der Waals surface area contributed by atoms with E-state index in [9.17, 15) is 9.59 Å². The molecule has 1 aromatic carbocycles. The van der Waals surface area contributed by atoms with Gasteiger partial charge in [-0.25, -0.2) is 0 Å². The molecule has 2 aliphatic rings. The van der Waals surface area contributed by atoms with Crippen LogP contribution in [0.2, 0.25) is 0 Å². The monoisotopic (exact) mass is 299 g/mol. The minimum Gasteiger partial charge on any atom is -0.469 e. The fraction of sp³-hybridized carbons (Fsp3) is 0.444. The third kappa shape index (κ3) is 2.78. The zero-order chi connectivity index (χ0) is 15.5. The summed E-state index contributed by atoms with van der Waals surface area (Å²) < 4.78 is 4.95. The fourth-order valence-electron chi connectivity index (χ4n) is 3.49. The van der Waals surface area contributed by atoms with Gasteiger partial charge >= 0.3 is 5.97 Å². The summed E-state index contributed by atoms with van der Waals surface area (Å²) in [4.78, 5) is 26.6. The molecule has 0 saturated carbocycles. The van der Waals surface area contributed by atoms with Crippen LogP contribution in [-0.4, -0.2) is 37.0 Å². The van der Waals surface area contributed by atoms with Crippen molar-refractivity contribution in [3.05, 3.63) is 48.0 Å². The number of benzene rings is 1. The van der Waals surface area contributed by atoms with Crippen molar-refractivity contribution in [2.24, 2.45) is 11.8 Å². The van der Waals surface area contributed by atoms with Gasteiger partial charge in [-0.15, -0.1) is 0 Å². The van der Waals surface area contributed by atoms with Crippen molar-refractivity contribution in [3.8, 4) is 0 Å². The van der Waals surface area contributed by atoms with Crippen molar-refractivity contribution in [1.82, 2.24) is 4.90 Å².